The van der Waals surface area contributed by atoms with E-state index in [2.05, 4.69) is 5.32 Å². The number of nitrogens with zero attached hydrogens (tertiary/aromatic N) is 1. The summed E-state index contributed by atoms with van der Waals surface area (Å²) in [4.78, 5) is 21.8. The first kappa shape index (κ1) is 17.3. The molecule has 6 nitrogen and oxygen atoms in total. The van der Waals surface area contributed by atoms with Crippen molar-refractivity contribution in [1.82, 2.24) is 5.32 Å². The van der Waals surface area contributed by atoms with Gasteiger partial charge in [0.25, 0.3) is 5.69 Å². The first-order valence-electron chi connectivity index (χ1n) is 5.70. The molecule has 0 spiro atoms. The van der Waals surface area contributed by atoms with Crippen LogP contribution in [0.1, 0.15) is 25.5 Å². The van der Waals surface area contributed by atoms with Crippen LogP contribution in [0.5, 0.6) is 0 Å². The number of non-ortho nitro benzene ring substituents is 1. The summed E-state index contributed by atoms with van der Waals surface area (Å²) in [7, 11) is 0. The Kier molecular flexibility index (Phi) is 7.03. The van der Waals surface area contributed by atoms with Gasteiger partial charge in [-0.2, -0.15) is 0 Å². The number of nitrogens with one attached hydrogen (secondary N) is 1. The average Bonchev–Trinajstić information content (AvgIpc) is 2.37. The van der Waals surface area contributed by atoms with Gasteiger partial charge in [-0.1, -0.05) is 19.1 Å². The molecule has 1 amide bonds. The van der Waals surface area contributed by atoms with Gasteiger partial charge in [0.05, 0.1) is 11.0 Å². The Hall–Kier alpha value is -1.66. The molecule has 2 unspecified atom stereocenters. The molecule has 106 valence electrons. The predicted octanol–water partition coefficient (Wildman–Crippen LogP) is 1.79. The molecule has 0 aliphatic rings. The van der Waals surface area contributed by atoms with Crippen LogP contribution in [0.2, 0.25) is 0 Å². The molecule has 0 aliphatic carbocycles. The number of carbonyl (C=O) groups is 1. The van der Waals surface area contributed by atoms with Crippen molar-refractivity contribution in [3.63, 3.8) is 0 Å². The number of hydrogen-bond donors (Lipinski definition) is 2. The molecule has 1 aromatic carbocycles. The molecule has 1 rings (SSSR count). The second kappa shape index (κ2) is 7.70. The van der Waals surface area contributed by atoms with Crippen molar-refractivity contribution < 1.29 is 9.72 Å². The third kappa shape index (κ3) is 4.84. The zero-order valence-corrected chi connectivity index (χ0v) is 11.6. The molecule has 3 N–H and O–H groups in total. The Morgan fingerprint density at radius 3 is 2.63 bits per heavy atom. The van der Waals surface area contributed by atoms with E-state index in [9.17, 15) is 14.9 Å². The topological polar surface area (TPSA) is 98.3 Å². The maximum atomic E-state index is 11.7. The summed E-state index contributed by atoms with van der Waals surface area (Å²) in [5, 5.41) is 13.4. The van der Waals surface area contributed by atoms with E-state index in [1.54, 1.807) is 26.0 Å². The number of hydrogen-bond acceptors (Lipinski definition) is 4. The molecule has 0 heterocycles. The minimum absolute atomic E-state index is 0. The number of nitro benzene ring substituents is 1. The summed E-state index contributed by atoms with van der Waals surface area (Å²) in [6.45, 7) is 3.78. The number of halogens is 1. The minimum Gasteiger partial charge on any atom is -0.349 e. The molecule has 0 bridgehead atoms. The molecule has 0 aromatic heterocycles. The third-order valence-electron chi connectivity index (χ3n) is 2.74. The van der Waals surface area contributed by atoms with Crippen LogP contribution in [-0.4, -0.2) is 17.4 Å². The Morgan fingerprint density at radius 2 is 2.11 bits per heavy atom. The smallest absolute Gasteiger partial charge is 0.269 e. The van der Waals surface area contributed by atoms with Crippen molar-refractivity contribution in [2.24, 2.45) is 11.7 Å². The summed E-state index contributed by atoms with van der Waals surface area (Å²) < 4.78 is 0. The van der Waals surface area contributed by atoms with E-state index in [0.717, 1.165) is 0 Å². The van der Waals surface area contributed by atoms with E-state index in [1.807, 2.05) is 0 Å². The molecule has 1 aromatic rings. The van der Waals surface area contributed by atoms with Crippen molar-refractivity contribution >= 4 is 24.0 Å². The van der Waals surface area contributed by atoms with Gasteiger partial charge in [0.15, 0.2) is 0 Å². The van der Waals surface area contributed by atoms with Gasteiger partial charge < -0.3 is 11.1 Å². The molecule has 0 saturated carbocycles. The Bertz CT molecular complexity index is 454. The van der Waals surface area contributed by atoms with E-state index in [0.29, 0.717) is 5.56 Å². The van der Waals surface area contributed by atoms with Crippen molar-refractivity contribution in [2.45, 2.75) is 19.9 Å². The van der Waals surface area contributed by atoms with Crippen LogP contribution in [0.4, 0.5) is 5.69 Å². The van der Waals surface area contributed by atoms with Crippen molar-refractivity contribution in [3.8, 4) is 0 Å². The van der Waals surface area contributed by atoms with Crippen molar-refractivity contribution in [3.05, 3.63) is 39.9 Å². The van der Waals surface area contributed by atoms with Crippen LogP contribution in [0, 0.1) is 16.0 Å². The Labute approximate surface area is 117 Å². The lowest BCUT2D eigenvalue weighted by molar-refractivity contribution is -0.384. The average molecular weight is 288 g/mol. The molecule has 0 radical (unpaired) electrons. The lowest BCUT2D eigenvalue weighted by Gasteiger charge is -2.16. The Morgan fingerprint density at radius 1 is 1.47 bits per heavy atom. The molecule has 19 heavy (non-hydrogen) atoms. The molecular weight excluding hydrogens is 270 g/mol. The van der Waals surface area contributed by atoms with Gasteiger partial charge in [-0.3, -0.25) is 14.9 Å². The normalized spacial score (nSPS) is 13.0. The summed E-state index contributed by atoms with van der Waals surface area (Å²) in [6, 6.07) is 5.93. The third-order valence-corrected chi connectivity index (χ3v) is 2.74. The second-order valence-electron chi connectivity index (χ2n) is 4.22. The predicted molar refractivity (Wildman–Crippen MR) is 75.1 cm³/mol. The standard InChI is InChI=1S/C12H17N3O3.ClH/c1-8(7-13)12(16)14-9(2)10-4-3-5-11(6-10)15(17)18;/h3-6,8-9H,7,13H2,1-2H3,(H,14,16);1H. The molecule has 2 atom stereocenters. The first-order valence-corrected chi connectivity index (χ1v) is 5.70. The Balaban J connectivity index is 0.00000324. The quantitative estimate of drug-likeness (QED) is 0.637. The monoisotopic (exact) mass is 287 g/mol. The van der Waals surface area contributed by atoms with Crippen molar-refractivity contribution in [2.75, 3.05) is 6.54 Å². The highest BCUT2D eigenvalue weighted by atomic mass is 35.5. The van der Waals surface area contributed by atoms with E-state index < -0.39 is 4.92 Å². The van der Waals surface area contributed by atoms with Gasteiger partial charge in [0.1, 0.15) is 0 Å². The minimum atomic E-state index is -0.458. The summed E-state index contributed by atoms with van der Waals surface area (Å²) >= 11 is 0. The fourth-order valence-electron chi connectivity index (χ4n) is 1.45. The van der Waals surface area contributed by atoms with Gasteiger partial charge >= 0.3 is 0 Å². The van der Waals surface area contributed by atoms with Crippen LogP contribution in [0.15, 0.2) is 24.3 Å². The SMILES string of the molecule is CC(CN)C(=O)NC(C)c1cccc([N+](=O)[O-])c1.Cl. The number of nitro groups is 1. The highest BCUT2D eigenvalue weighted by molar-refractivity contribution is 5.85. The van der Waals surface area contributed by atoms with Crippen LogP contribution >= 0.6 is 12.4 Å². The van der Waals surface area contributed by atoms with Crippen molar-refractivity contribution in [1.29, 1.82) is 0 Å². The molecular formula is C12H18ClN3O3. The lowest BCUT2D eigenvalue weighted by Crippen LogP contribution is -2.34. The zero-order valence-electron chi connectivity index (χ0n) is 10.8. The number of benzene rings is 1. The fourth-order valence-corrected chi connectivity index (χ4v) is 1.45. The zero-order chi connectivity index (χ0) is 13.7. The molecule has 7 heteroatoms. The van der Waals surface area contributed by atoms with Crippen LogP contribution in [0.3, 0.4) is 0 Å². The van der Waals surface area contributed by atoms with Gasteiger partial charge in [0.2, 0.25) is 5.91 Å². The summed E-state index contributed by atoms with van der Waals surface area (Å²) in [6.07, 6.45) is 0. The molecule has 0 fully saturated rings. The summed E-state index contributed by atoms with van der Waals surface area (Å²) in [5.74, 6) is -0.428. The highest BCUT2D eigenvalue weighted by Crippen LogP contribution is 2.19. The fraction of sp³-hybridized carbons (Fsp3) is 0.417. The highest BCUT2D eigenvalue weighted by Gasteiger charge is 2.16. The first-order chi connectivity index (χ1) is 8.45. The largest absolute Gasteiger partial charge is 0.349 e. The number of amides is 1. The maximum Gasteiger partial charge on any atom is 0.269 e. The van der Waals surface area contributed by atoms with Crippen LogP contribution in [-0.2, 0) is 4.79 Å². The molecule has 0 aliphatic heterocycles. The van der Waals surface area contributed by atoms with Crippen LogP contribution in [0.25, 0.3) is 0 Å². The number of nitrogens with two attached hydrogens (primary N) is 1. The summed E-state index contributed by atoms with van der Waals surface area (Å²) in [5.41, 5.74) is 6.11. The van der Waals surface area contributed by atoms with Crippen LogP contribution < -0.4 is 11.1 Å². The van der Waals surface area contributed by atoms with E-state index in [1.165, 1.54) is 12.1 Å². The lowest BCUT2D eigenvalue weighted by atomic mass is 10.1. The van der Waals surface area contributed by atoms with E-state index >= 15 is 0 Å². The number of carbonyl (C=O) groups excluding carboxylic acids is 1. The van der Waals surface area contributed by atoms with E-state index in [-0.39, 0.29) is 42.5 Å². The van der Waals surface area contributed by atoms with Gasteiger partial charge in [-0.25, -0.2) is 0 Å². The second-order valence-corrected chi connectivity index (χ2v) is 4.22. The maximum absolute atomic E-state index is 11.7. The van der Waals surface area contributed by atoms with Gasteiger partial charge in [-0.05, 0) is 12.5 Å². The van der Waals surface area contributed by atoms with Gasteiger partial charge in [-0.15, -0.1) is 12.4 Å². The number of rotatable bonds is 5. The van der Waals surface area contributed by atoms with E-state index in [4.69, 9.17) is 5.73 Å². The molecule has 0 saturated heterocycles. The van der Waals surface area contributed by atoms with Gasteiger partial charge in [0, 0.05) is 24.6 Å².